The van der Waals surface area contributed by atoms with Crippen LogP contribution in [0.4, 0.5) is 0 Å². The van der Waals surface area contributed by atoms with E-state index in [-0.39, 0.29) is 5.41 Å². The second-order valence-electron chi connectivity index (χ2n) is 4.95. The first kappa shape index (κ1) is 19.3. The van der Waals surface area contributed by atoms with Gasteiger partial charge in [0.15, 0.2) is 0 Å². The fourth-order valence-electron chi connectivity index (χ4n) is 1.38. The maximum Gasteiger partial charge on any atom is 0.363 e. The van der Waals surface area contributed by atoms with E-state index < -0.39 is 7.60 Å². The second kappa shape index (κ2) is 8.58. The summed E-state index contributed by atoms with van der Waals surface area (Å²) in [5.41, 5.74) is -0.141. The predicted octanol–water partition coefficient (Wildman–Crippen LogP) is 5.26. The van der Waals surface area contributed by atoms with Crippen LogP contribution in [0.1, 0.15) is 41.5 Å². The predicted molar refractivity (Wildman–Crippen MR) is 89.1 cm³/mol. The highest BCUT2D eigenvalue weighted by molar-refractivity contribution is 8.24. The molecule has 0 aliphatic rings. The molecule has 112 valence electrons. The van der Waals surface area contributed by atoms with Crippen molar-refractivity contribution in [2.24, 2.45) is 5.41 Å². The van der Waals surface area contributed by atoms with Gasteiger partial charge in [-0.3, -0.25) is 4.57 Å². The lowest BCUT2D eigenvalue weighted by atomic mass is 9.96. The van der Waals surface area contributed by atoms with Crippen LogP contribution in [0.5, 0.6) is 0 Å². The highest BCUT2D eigenvalue weighted by Crippen LogP contribution is 2.58. The Kier molecular flexibility index (Phi) is 8.73. The lowest BCUT2D eigenvalue weighted by Crippen LogP contribution is -2.09. The lowest BCUT2D eigenvalue weighted by Gasteiger charge is -2.23. The van der Waals surface area contributed by atoms with Crippen LogP contribution in [-0.4, -0.2) is 23.2 Å². The van der Waals surface area contributed by atoms with Gasteiger partial charge in [-0.25, -0.2) is 0 Å². The van der Waals surface area contributed by atoms with Crippen molar-refractivity contribution >= 4 is 35.8 Å². The summed E-state index contributed by atoms with van der Waals surface area (Å²) in [7, 11) is -3.31. The summed E-state index contributed by atoms with van der Waals surface area (Å²) < 4.78 is 24.3. The van der Waals surface area contributed by atoms with Crippen molar-refractivity contribution in [1.29, 1.82) is 0 Å². The molecule has 0 fully saturated rings. The standard InChI is InChI=1S/C13H25O3PS2/c1-7-15-17(14,16-8-2)11(10-13(4,5)6)12(18)19-9-3/h10H,7-9H2,1-6H3/b11-10+. The van der Waals surface area contributed by atoms with Crippen LogP contribution in [0, 0.1) is 5.41 Å². The van der Waals surface area contributed by atoms with E-state index in [1.165, 1.54) is 11.8 Å². The van der Waals surface area contributed by atoms with E-state index in [1.54, 1.807) is 13.8 Å². The van der Waals surface area contributed by atoms with E-state index >= 15 is 0 Å². The molecule has 0 rings (SSSR count). The zero-order chi connectivity index (χ0) is 15.1. The zero-order valence-corrected chi connectivity index (χ0v) is 15.2. The summed E-state index contributed by atoms with van der Waals surface area (Å²) >= 11 is 6.87. The van der Waals surface area contributed by atoms with Crippen LogP contribution in [-0.2, 0) is 13.6 Å². The molecule has 0 atom stereocenters. The molecule has 0 saturated heterocycles. The average molecular weight is 324 g/mol. The molecule has 0 bridgehead atoms. The molecule has 3 nitrogen and oxygen atoms in total. The number of hydrogen-bond acceptors (Lipinski definition) is 5. The van der Waals surface area contributed by atoms with Crippen LogP contribution in [0.15, 0.2) is 11.4 Å². The van der Waals surface area contributed by atoms with E-state index in [4.69, 9.17) is 21.3 Å². The number of rotatable bonds is 7. The Balaban J connectivity index is 5.60. The molecule has 6 heteroatoms. The van der Waals surface area contributed by atoms with Gasteiger partial charge in [0.1, 0.15) is 0 Å². The minimum absolute atomic E-state index is 0.141. The first-order valence-electron chi connectivity index (χ1n) is 6.49. The lowest BCUT2D eigenvalue weighted by molar-refractivity contribution is 0.227. The first-order chi connectivity index (χ1) is 8.70. The van der Waals surface area contributed by atoms with E-state index in [9.17, 15) is 4.57 Å². The number of hydrogen-bond donors (Lipinski definition) is 0. The van der Waals surface area contributed by atoms with Crippen molar-refractivity contribution in [1.82, 2.24) is 0 Å². The minimum Gasteiger partial charge on any atom is -0.305 e. The summed E-state index contributed by atoms with van der Waals surface area (Å²) in [6.07, 6.45) is 1.91. The van der Waals surface area contributed by atoms with E-state index in [2.05, 4.69) is 0 Å². The third kappa shape index (κ3) is 7.05. The Morgan fingerprint density at radius 2 is 1.68 bits per heavy atom. The van der Waals surface area contributed by atoms with Gasteiger partial charge in [-0.1, -0.05) is 46.0 Å². The van der Waals surface area contributed by atoms with E-state index in [0.29, 0.717) is 22.7 Å². The van der Waals surface area contributed by atoms with Crippen LogP contribution in [0.25, 0.3) is 0 Å². The van der Waals surface area contributed by atoms with Gasteiger partial charge in [0, 0.05) is 0 Å². The molecule has 0 unspecified atom stereocenters. The molecule has 0 amide bonds. The quantitative estimate of drug-likeness (QED) is 0.362. The van der Waals surface area contributed by atoms with Gasteiger partial charge >= 0.3 is 7.60 Å². The molecule has 0 saturated carbocycles. The van der Waals surface area contributed by atoms with Crippen LogP contribution >= 0.6 is 31.6 Å². The molecular weight excluding hydrogens is 299 g/mol. The third-order valence-corrected chi connectivity index (χ3v) is 5.73. The molecule has 0 radical (unpaired) electrons. The smallest absolute Gasteiger partial charge is 0.305 e. The summed E-state index contributed by atoms with van der Waals surface area (Å²) in [4.78, 5) is 0. The van der Waals surface area contributed by atoms with Crippen molar-refractivity contribution < 1.29 is 13.6 Å². The molecular formula is C13H25O3PS2. The average Bonchev–Trinajstić information content (AvgIpc) is 2.25. The topological polar surface area (TPSA) is 35.5 Å². The first-order valence-corrected chi connectivity index (χ1v) is 9.43. The molecule has 0 aromatic heterocycles. The van der Waals surface area contributed by atoms with Crippen molar-refractivity contribution in [3.63, 3.8) is 0 Å². The second-order valence-corrected chi connectivity index (χ2v) is 8.88. The molecule has 0 N–H and O–H groups in total. The van der Waals surface area contributed by atoms with Crippen molar-refractivity contribution in [2.45, 2.75) is 41.5 Å². The Bertz CT molecular complexity index is 363. The van der Waals surface area contributed by atoms with Gasteiger partial charge in [0.2, 0.25) is 0 Å². The molecule has 0 aliphatic carbocycles. The van der Waals surface area contributed by atoms with Crippen molar-refractivity contribution in [3.8, 4) is 0 Å². The van der Waals surface area contributed by atoms with Crippen LogP contribution in [0.3, 0.4) is 0 Å². The van der Waals surface area contributed by atoms with Gasteiger partial charge in [-0.2, -0.15) is 0 Å². The fourth-order valence-corrected chi connectivity index (χ4v) is 4.93. The third-order valence-electron chi connectivity index (χ3n) is 1.95. The molecule has 0 heterocycles. The molecule has 19 heavy (non-hydrogen) atoms. The van der Waals surface area contributed by atoms with E-state index in [0.717, 1.165) is 5.75 Å². The SMILES string of the molecule is CCOP(=O)(OCC)/C(=C/C(C)(C)C)C(=S)SCC. The zero-order valence-electron chi connectivity index (χ0n) is 12.7. The highest BCUT2D eigenvalue weighted by atomic mass is 32.2. The normalized spacial score (nSPS) is 13.7. The Morgan fingerprint density at radius 3 is 2.00 bits per heavy atom. The summed E-state index contributed by atoms with van der Waals surface area (Å²) in [5.74, 6) is 0.832. The minimum atomic E-state index is -3.31. The molecule has 0 spiro atoms. The number of thioether (sulfide) groups is 1. The van der Waals surface area contributed by atoms with Gasteiger partial charge in [-0.15, -0.1) is 11.8 Å². The maximum absolute atomic E-state index is 12.9. The van der Waals surface area contributed by atoms with Crippen LogP contribution < -0.4 is 0 Å². The van der Waals surface area contributed by atoms with Gasteiger partial charge in [0.25, 0.3) is 0 Å². The molecule has 0 aromatic carbocycles. The fraction of sp³-hybridized carbons (Fsp3) is 0.769. The van der Waals surface area contributed by atoms with E-state index in [1.807, 2.05) is 33.8 Å². The number of thiocarbonyl (C=S) groups is 1. The summed E-state index contributed by atoms with van der Waals surface area (Å²) in [6.45, 7) is 12.4. The number of allylic oxidation sites excluding steroid dienone is 1. The van der Waals surface area contributed by atoms with Gasteiger partial charge in [0.05, 0.1) is 22.7 Å². The molecule has 0 aromatic rings. The van der Waals surface area contributed by atoms with Gasteiger partial charge < -0.3 is 9.05 Å². The van der Waals surface area contributed by atoms with Crippen molar-refractivity contribution in [2.75, 3.05) is 19.0 Å². The van der Waals surface area contributed by atoms with Gasteiger partial charge in [-0.05, 0) is 25.0 Å². The van der Waals surface area contributed by atoms with Crippen LogP contribution in [0.2, 0.25) is 0 Å². The molecule has 0 aliphatic heterocycles. The Morgan fingerprint density at radius 1 is 1.21 bits per heavy atom. The highest BCUT2D eigenvalue weighted by Gasteiger charge is 2.33. The summed E-state index contributed by atoms with van der Waals surface area (Å²) in [5, 5.41) is 0.533. The summed E-state index contributed by atoms with van der Waals surface area (Å²) in [6, 6.07) is 0. The monoisotopic (exact) mass is 324 g/mol. The maximum atomic E-state index is 12.9. The Hall–Kier alpha value is 0.330. The Labute approximate surface area is 127 Å². The van der Waals surface area contributed by atoms with Crippen molar-refractivity contribution in [3.05, 3.63) is 11.4 Å². The largest absolute Gasteiger partial charge is 0.363 e.